The average Bonchev–Trinajstić information content (AvgIpc) is 2.76. The van der Waals surface area contributed by atoms with Gasteiger partial charge in [-0.3, -0.25) is 4.68 Å². The first-order chi connectivity index (χ1) is 8.61. The summed E-state index contributed by atoms with van der Waals surface area (Å²) in [5, 5.41) is 4.16. The minimum absolute atomic E-state index is 0.0485. The van der Waals surface area contributed by atoms with Gasteiger partial charge in [0.05, 0.1) is 0 Å². The van der Waals surface area contributed by atoms with Crippen molar-refractivity contribution in [1.82, 2.24) is 14.8 Å². The molecule has 5 heteroatoms. The van der Waals surface area contributed by atoms with Gasteiger partial charge >= 0.3 is 0 Å². The van der Waals surface area contributed by atoms with E-state index in [9.17, 15) is 0 Å². The molecule has 0 saturated heterocycles. The second-order valence-corrected chi connectivity index (χ2v) is 5.22. The Bertz CT molecular complexity index is 536. The van der Waals surface area contributed by atoms with E-state index in [1.807, 2.05) is 10.7 Å². The molecule has 1 aromatic heterocycles. The third-order valence-corrected chi connectivity index (χ3v) is 3.52. The molecule has 2 rings (SSSR count). The molecule has 0 amide bonds. The highest BCUT2D eigenvalue weighted by Gasteiger charge is 2.13. The third-order valence-electron chi connectivity index (χ3n) is 3.03. The summed E-state index contributed by atoms with van der Waals surface area (Å²) in [5.41, 5.74) is 8.61. The lowest BCUT2D eigenvalue weighted by atomic mass is 9.99. The first-order valence-electron chi connectivity index (χ1n) is 6.00. The minimum atomic E-state index is -0.0485. The van der Waals surface area contributed by atoms with Gasteiger partial charge in [0.25, 0.3) is 0 Å². The van der Waals surface area contributed by atoms with Crippen molar-refractivity contribution in [3.8, 4) is 0 Å². The third kappa shape index (κ3) is 2.79. The maximum absolute atomic E-state index is 6.26. The smallest absolute Gasteiger partial charge is 0.138 e. The van der Waals surface area contributed by atoms with Gasteiger partial charge in [0.2, 0.25) is 0 Å². The maximum Gasteiger partial charge on any atom is 0.138 e. The molecular weight excluding hydrogens is 292 g/mol. The molecule has 0 saturated carbocycles. The summed E-state index contributed by atoms with van der Waals surface area (Å²) in [5.74, 6) is 0.937. The fourth-order valence-corrected chi connectivity index (χ4v) is 2.55. The molecule has 0 fully saturated rings. The number of nitrogens with zero attached hydrogens (tertiary/aromatic N) is 3. The van der Waals surface area contributed by atoms with E-state index in [-0.39, 0.29) is 6.04 Å². The van der Waals surface area contributed by atoms with Crippen LogP contribution in [-0.2, 0) is 13.0 Å². The van der Waals surface area contributed by atoms with Crippen LogP contribution < -0.4 is 5.73 Å². The van der Waals surface area contributed by atoms with Gasteiger partial charge in [0.1, 0.15) is 12.2 Å². The zero-order valence-corrected chi connectivity index (χ0v) is 12.2. The van der Waals surface area contributed by atoms with E-state index >= 15 is 0 Å². The average molecular weight is 309 g/mol. The first-order valence-corrected chi connectivity index (χ1v) is 6.79. The standard InChI is InChI=1S/C13H17BrN4/c1-3-18-13(16-8-17-18)7-12(15)11-5-4-10(14)6-9(11)2/h4-6,8,12H,3,7,15H2,1-2H3. The summed E-state index contributed by atoms with van der Waals surface area (Å²) in [6, 6.07) is 6.12. The van der Waals surface area contributed by atoms with Gasteiger partial charge in [-0.2, -0.15) is 5.10 Å². The monoisotopic (exact) mass is 308 g/mol. The number of hydrogen-bond acceptors (Lipinski definition) is 3. The van der Waals surface area contributed by atoms with E-state index in [1.165, 1.54) is 5.56 Å². The summed E-state index contributed by atoms with van der Waals surface area (Å²) < 4.78 is 2.96. The second kappa shape index (κ2) is 5.63. The summed E-state index contributed by atoms with van der Waals surface area (Å²) in [7, 11) is 0. The lowest BCUT2D eigenvalue weighted by Gasteiger charge is -2.15. The van der Waals surface area contributed by atoms with Gasteiger partial charge in [-0.15, -0.1) is 0 Å². The van der Waals surface area contributed by atoms with Gasteiger partial charge in [-0.25, -0.2) is 4.98 Å². The highest BCUT2D eigenvalue weighted by molar-refractivity contribution is 9.10. The SMILES string of the molecule is CCn1ncnc1CC(N)c1ccc(Br)cc1C. The summed E-state index contributed by atoms with van der Waals surface area (Å²) in [6.07, 6.45) is 2.29. The van der Waals surface area contributed by atoms with Crippen LogP contribution in [0.2, 0.25) is 0 Å². The molecule has 0 aliphatic heterocycles. The Labute approximate surface area is 115 Å². The topological polar surface area (TPSA) is 56.7 Å². The van der Waals surface area contributed by atoms with Crippen LogP contribution in [0.3, 0.4) is 0 Å². The van der Waals surface area contributed by atoms with Gasteiger partial charge in [0, 0.05) is 23.5 Å². The highest BCUT2D eigenvalue weighted by atomic mass is 79.9. The van der Waals surface area contributed by atoms with Crippen LogP contribution in [-0.4, -0.2) is 14.8 Å². The molecule has 96 valence electrons. The fourth-order valence-electron chi connectivity index (χ4n) is 2.07. The number of aryl methyl sites for hydroxylation is 2. The van der Waals surface area contributed by atoms with Crippen LogP contribution in [0.4, 0.5) is 0 Å². The number of aromatic nitrogens is 3. The largest absolute Gasteiger partial charge is 0.324 e. The van der Waals surface area contributed by atoms with E-state index in [1.54, 1.807) is 6.33 Å². The molecule has 18 heavy (non-hydrogen) atoms. The molecule has 0 aliphatic rings. The minimum Gasteiger partial charge on any atom is -0.324 e. The van der Waals surface area contributed by atoms with E-state index in [2.05, 4.69) is 52.0 Å². The fraction of sp³-hybridized carbons (Fsp3) is 0.385. The Morgan fingerprint density at radius 1 is 1.44 bits per heavy atom. The zero-order valence-electron chi connectivity index (χ0n) is 10.6. The van der Waals surface area contributed by atoms with Gasteiger partial charge in [-0.05, 0) is 37.1 Å². The molecule has 0 aliphatic carbocycles. The normalized spacial score (nSPS) is 12.7. The Balaban J connectivity index is 2.19. The van der Waals surface area contributed by atoms with Crippen LogP contribution in [0.1, 0.15) is 29.9 Å². The molecule has 1 unspecified atom stereocenters. The highest BCUT2D eigenvalue weighted by Crippen LogP contribution is 2.22. The predicted octanol–water partition coefficient (Wildman–Crippen LogP) is 2.61. The van der Waals surface area contributed by atoms with E-state index in [0.717, 1.165) is 22.4 Å². The second-order valence-electron chi connectivity index (χ2n) is 4.30. The van der Waals surface area contributed by atoms with E-state index in [4.69, 9.17) is 5.73 Å². The van der Waals surface area contributed by atoms with E-state index < -0.39 is 0 Å². The van der Waals surface area contributed by atoms with Gasteiger partial charge in [0.15, 0.2) is 0 Å². The molecule has 2 aromatic rings. The number of nitrogens with two attached hydrogens (primary N) is 1. The van der Waals surface area contributed by atoms with Gasteiger partial charge < -0.3 is 5.73 Å². The molecule has 1 aromatic carbocycles. The molecule has 2 N–H and O–H groups in total. The van der Waals surface area contributed by atoms with Crippen LogP contribution in [0.5, 0.6) is 0 Å². The zero-order chi connectivity index (χ0) is 13.1. The van der Waals surface area contributed by atoms with Crippen molar-refractivity contribution >= 4 is 15.9 Å². The van der Waals surface area contributed by atoms with Crippen molar-refractivity contribution in [2.75, 3.05) is 0 Å². The van der Waals surface area contributed by atoms with Crippen molar-refractivity contribution < 1.29 is 0 Å². The van der Waals surface area contributed by atoms with Crippen LogP contribution >= 0.6 is 15.9 Å². The number of hydrogen-bond donors (Lipinski definition) is 1. The van der Waals surface area contributed by atoms with Crippen molar-refractivity contribution in [2.45, 2.75) is 32.9 Å². The first kappa shape index (κ1) is 13.2. The lowest BCUT2D eigenvalue weighted by Crippen LogP contribution is -2.17. The van der Waals surface area contributed by atoms with Crippen LogP contribution in [0.15, 0.2) is 29.0 Å². The Morgan fingerprint density at radius 2 is 2.22 bits per heavy atom. The Hall–Kier alpha value is -1.20. The molecule has 4 nitrogen and oxygen atoms in total. The van der Waals surface area contributed by atoms with Crippen LogP contribution in [0.25, 0.3) is 0 Å². The Morgan fingerprint density at radius 3 is 2.89 bits per heavy atom. The van der Waals surface area contributed by atoms with Crippen molar-refractivity contribution in [2.24, 2.45) is 5.73 Å². The molecule has 0 radical (unpaired) electrons. The maximum atomic E-state index is 6.26. The molecule has 1 heterocycles. The summed E-state index contributed by atoms with van der Waals surface area (Å²) in [6.45, 7) is 4.94. The van der Waals surface area contributed by atoms with Crippen molar-refractivity contribution in [1.29, 1.82) is 0 Å². The molecule has 1 atom stereocenters. The lowest BCUT2D eigenvalue weighted by molar-refractivity contribution is 0.580. The Kier molecular flexibility index (Phi) is 4.14. The van der Waals surface area contributed by atoms with Crippen molar-refractivity contribution in [3.63, 3.8) is 0 Å². The molecule has 0 spiro atoms. The quantitative estimate of drug-likeness (QED) is 0.944. The summed E-state index contributed by atoms with van der Waals surface area (Å²) >= 11 is 3.46. The number of rotatable bonds is 4. The van der Waals surface area contributed by atoms with Gasteiger partial charge in [-0.1, -0.05) is 22.0 Å². The van der Waals surface area contributed by atoms with Crippen LogP contribution in [0, 0.1) is 6.92 Å². The summed E-state index contributed by atoms with van der Waals surface area (Å²) in [4.78, 5) is 4.26. The predicted molar refractivity (Wildman–Crippen MR) is 75.2 cm³/mol. The number of halogens is 1. The van der Waals surface area contributed by atoms with E-state index in [0.29, 0.717) is 6.42 Å². The molecule has 0 bridgehead atoms. The molecular formula is C13H17BrN4. The van der Waals surface area contributed by atoms with Crippen molar-refractivity contribution in [3.05, 3.63) is 46.0 Å². The number of benzene rings is 1.